The first kappa shape index (κ1) is 13.0. The summed E-state index contributed by atoms with van der Waals surface area (Å²) in [6.07, 6.45) is 1.27. The number of ether oxygens (including phenoxy) is 1. The molecule has 0 saturated carbocycles. The summed E-state index contributed by atoms with van der Waals surface area (Å²) < 4.78 is 18.2. The normalized spacial score (nSPS) is 10.2. The highest BCUT2D eigenvalue weighted by Gasteiger charge is 2.14. The Morgan fingerprint density at radius 2 is 2.37 bits per heavy atom. The molecular weight excluding hydrogens is 251 g/mol. The molecule has 0 bridgehead atoms. The van der Waals surface area contributed by atoms with Crippen LogP contribution >= 0.6 is 0 Å². The van der Waals surface area contributed by atoms with E-state index in [0.717, 1.165) is 0 Å². The lowest BCUT2D eigenvalue weighted by atomic mass is 10.3. The van der Waals surface area contributed by atoms with Crippen LogP contribution in [0.4, 0.5) is 4.39 Å². The minimum atomic E-state index is -0.358. The second-order valence-electron chi connectivity index (χ2n) is 3.87. The van der Waals surface area contributed by atoms with E-state index >= 15 is 0 Å². The van der Waals surface area contributed by atoms with Gasteiger partial charge in [-0.1, -0.05) is 6.07 Å². The number of halogens is 1. The van der Waals surface area contributed by atoms with Crippen LogP contribution in [-0.2, 0) is 0 Å². The predicted molar refractivity (Wildman–Crippen MR) is 65.2 cm³/mol. The standard InChI is InChI=1S/C12H13FN4O2/c1-17(12(18)11-14-8-15-16-11)5-6-19-10-4-2-3-9(13)7-10/h2-4,7-8H,5-6H2,1H3,(H,14,15,16). The number of likely N-dealkylation sites (N-methyl/N-ethyl adjacent to an activating group) is 1. The highest BCUT2D eigenvalue weighted by molar-refractivity contribution is 5.90. The van der Waals surface area contributed by atoms with E-state index in [1.165, 1.54) is 23.4 Å². The third-order valence-corrected chi connectivity index (χ3v) is 2.46. The summed E-state index contributed by atoms with van der Waals surface area (Å²) in [7, 11) is 1.62. The monoisotopic (exact) mass is 264 g/mol. The second kappa shape index (κ2) is 5.94. The van der Waals surface area contributed by atoms with Crippen molar-refractivity contribution in [1.29, 1.82) is 0 Å². The molecule has 7 heteroatoms. The molecule has 0 radical (unpaired) electrons. The number of aromatic amines is 1. The van der Waals surface area contributed by atoms with E-state index in [-0.39, 0.29) is 24.2 Å². The van der Waals surface area contributed by atoms with Crippen LogP contribution in [0.5, 0.6) is 5.75 Å². The summed E-state index contributed by atoms with van der Waals surface area (Å²) in [5, 5.41) is 6.10. The molecule has 19 heavy (non-hydrogen) atoms. The number of amides is 1. The molecule has 1 heterocycles. The van der Waals surface area contributed by atoms with Crippen LogP contribution in [0, 0.1) is 5.82 Å². The van der Waals surface area contributed by atoms with E-state index in [2.05, 4.69) is 15.2 Å². The fourth-order valence-corrected chi connectivity index (χ4v) is 1.45. The fraction of sp³-hybridized carbons (Fsp3) is 0.250. The molecule has 2 aromatic rings. The maximum absolute atomic E-state index is 12.9. The van der Waals surface area contributed by atoms with Crippen LogP contribution in [0.25, 0.3) is 0 Å². The first-order valence-corrected chi connectivity index (χ1v) is 5.66. The quantitative estimate of drug-likeness (QED) is 0.877. The molecule has 1 amide bonds. The van der Waals surface area contributed by atoms with Crippen LogP contribution in [0.3, 0.4) is 0 Å². The number of benzene rings is 1. The summed E-state index contributed by atoms with van der Waals surface area (Å²) in [4.78, 5) is 17.0. The van der Waals surface area contributed by atoms with Crippen LogP contribution in [0.1, 0.15) is 10.6 Å². The largest absolute Gasteiger partial charge is 0.492 e. The zero-order valence-electron chi connectivity index (χ0n) is 10.3. The van der Waals surface area contributed by atoms with E-state index in [1.807, 2.05) is 0 Å². The molecule has 1 N–H and O–H groups in total. The highest BCUT2D eigenvalue weighted by Crippen LogP contribution is 2.11. The van der Waals surface area contributed by atoms with Gasteiger partial charge in [-0.2, -0.15) is 5.10 Å². The summed E-state index contributed by atoms with van der Waals surface area (Å²) in [5.74, 6) is -0.0299. The van der Waals surface area contributed by atoms with E-state index < -0.39 is 0 Å². The summed E-state index contributed by atoms with van der Waals surface area (Å²) in [5.41, 5.74) is 0. The van der Waals surface area contributed by atoms with Crippen LogP contribution in [-0.4, -0.2) is 46.2 Å². The molecular formula is C12H13FN4O2. The first-order chi connectivity index (χ1) is 9.16. The smallest absolute Gasteiger partial charge is 0.291 e. The second-order valence-corrected chi connectivity index (χ2v) is 3.87. The van der Waals surface area contributed by atoms with E-state index in [4.69, 9.17) is 4.74 Å². The van der Waals surface area contributed by atoms with Crippen LogP contribution in [0.2, 0.25) is 0 Å². The minimum absolute atomic E-state index is 0.174. The van der Waals surface area contributed by atoms with Crippen molar-refractivity contribution in [1.82, 2.24) is 20.1 Å². The van der Waals surface area contributed by atoms with Crippen molar-refractivity contribution in [2.24, 2.45) is 0 Å². The highest BCUT2D eigenvalue weighted by atomic mass is 19.1. The average molecular weight is 264 g/mol. The maximum Gasteiger partial charge on any atom is 0.291 e. The lowest BCUT2D eigenvalue weighted by Gasteiger charge is -2.15. The van der Waals surface area contributed by atoms with Crippen molar-refractivity contribution in [3.8, 4) is 5.75 Å². The van der Waals surface area contributed by atoms with Gasteiger partial charge in [0.05, 0.1) is 6.54 Å². The number of aromatic nitrogens is 3. The lowest BCUT2D eigenvalue weighted by molar-refractivity contribution is 0.0762. The lowest BCUT2D eigenvalue weighted by Crippen LogP contribution is -2.31. The molecule has 0 fully saturated rings. The number of carbonyl (C=O) groups is 1. The van der Waals surface area contributed by atoms with Crippen LogP contribution in [0.15, 0.2) is 30.6 Å². The summed E-state index contributed by atoms with van der Waals surface area (Å²) in [6.45, 7) is 0.621. The first-order valence-electron chi connectivity index (χ1n) is 5.66. The summed E-state index contributed by atoms with van der Waals surface area (Å²) >= 11 is 0. The molecule has 0 atom stereocenters. The molecule has 0 spiro atoms. The predicted octanol–water partition coefficient (Wildman–Crippen LogP) is 1.09. The SMILES string of the molecule is CN(CCOc1cccc(F)c1)C(=O)c1ncn[nH]1. The molecule has 1 aromatic carbocycles. The van der Waals surface area contributed by atoms with E-state index in [9.17, 15) is 9.18 Å². The third-order valence-electron chi connectivity index (χ3n) is 2.46. The Kier molecular flexibility index (Phi) is 4.07. The van der Waals surface area contributed by atoms with Gasteiger partial charge in [-0.3, -0.25) is 9.89 Å². The molecule has 6 nitrogen and oxygen atoms in total. The molecule has 2 rings (SSSR count). The number of hydrogen-bond donors (Lipinski definition) is 1. The van der Waals surface area contributed by atoms with Crippen molar-refractivity contribution >= 4 is 5.91 Å². The molecule has 0 unspecified atom stereocenters. The molecule has 0 aliphatic rings. The van der Waals surface area contributed by atoms with Crippen molar-refractivity contribution in [2.45, 2.75) is 0 Å². The van der Waals surface area contributed by atoms with Gasteiger partial charge in [-0.05, 0) is 12.1 Å². The fourth-order valence-electron chi connectivity index (χ4n) is 1.45. The Hall–Kier alpha value is -2.44. The van der Waals surface area contributed by atoms with Gasteiger partial charge in [0.15, 0.2) is 0 Å². The Balaban J connectivity index is 1.81. The van der Waals surface area contributed by atoms with Gasteiger partial charge in [-0.25, -0.2) is 9.37 Å². The topological polar surface area (TPSA) is 71.1 Å². The minimum Gasteiger partial charge on any atom is -0.492 e. The number of nitrogens with one attached hydrogen (secondary N) is 1. The van der Waals surface area contributed by atoms with Gasteiger partial charge in [0.25, 0.3) is 5.91 Å². The maximum atomic E-state index is 12.9. The van der Waals surface area contributed by atoms with Crippen molar-refractivity contribution in [2.75, 3.05) is 20.2 Å². The van der Waals surface area contributed by atoms with Gasteiger partial charge >= 0.3 is 0 Å². The van der Waals surface area contributed by atoms with E-state index in [0.29, 0.717) is 12.3 Å². The zero-order chi connectivity index (χ0) is 13.7. The van der Waals surface area contributed by atoms with Crippen molar-refractivity contribution in [3.05, 3.63) is 42.2 Å². The van der Waals surface area contributed by atoms with Crippen molar-refractivity contribution < 1.29 is 13.9 Å². The number of carbonyl (C=O) groups excluding carboxylic acids is 1. The average Bonchev–Trinajstić information content (AvgIpc) is 2.91. The number of nitrogens with zero attached hydrogens (tertiary/aromatic N) is 3. The van der Waals surface area contributed by atoms with E-state index in [1.54, 1.807) is 19.2 Å². The number of H-pyrrole nitrogens is 1. The third kappa shape index (κ3) is 3.51. The molecule has 0 aliphatic heterocycles. The Labute approximate surface area is 109 Å². The zero-order valence-corrected chi connectivity index (χ0v) is 10.3. The van der Waals surface area contributed by atoms with Crippen LogP contribution < -0.4 is 4.74 Å². The van der Waals surface area contributed by atoms with Gasteiger partial charge in [0.2, 0.25) is 5.82 Å². The van der Waals surface area contributed by atoms with Gasteiger partial charge < -0.3 is 9.64 Å². The van der Waals surface area contributed by atoms with Crippen molar-refractivity contribution in [3.63, 3.8) is 0 Å². The Morgan fingerprint density at radius 3 is 3.05 bits per heavy atom. The van der Waals surface area contributed by atoms with Gasteiger partial charge in [-0.15, -0.1) is 0 Å². The Bertz CT molecular complexity index is 544. The van der Waals surface area contributed by atoms with Gasteiger partial charge in [0, 0.05) is 13.1 Å². The number of hydrogen-bond acceptors (Lipinski definition) is 4. The molecule has 100 valence electrons. The Morgan fingerprint density at radius 1 is 1.53 bits per heavy atom. The molecule has 0 aliphatic carbocycles. The van der Waals surface area contributed by atoms with Gasteiger partial charge in [0.1, 0.15) is 24.5 Å². The molecule has 0 saturated heterocycles. The molecule has 1 aromatic heterocycles. The summed E-state index contributed by atoms with van der Waals surface area (Å²) in [6, 6.07) is 5.85. The number of rotatable bonds is 5.